The Morgan fingerprint density at radius 3 is 2.74 bits per heavy atom. The number of nitrogens with one attached hydrogen (secondary N) is 1. The molecule has 3 aromatic rings. The molecule has 0 aliphatic carbocycles. The number of carbonyl (C=O) groups is 1. The van der Waals surface area contributed by atoms with Crippen LogP contribution in [0.3, 0.4) is 0 Å². The number of pyridine rings is 1. The van der Waals surface area contributed by atoms with Gasteiger partial charge in [0.2, 0.25) is 5.88 Å². The third-order valence-corrected chi connectivity index (χ3v) is 8.24. The van der Waals surface area contributed by atoms with Crippen LogP contribution in [0.5, 0.6) is 5.88 Å². The van der Waals surface area contributed by atoms with E-state index in [1.54, 1.807) is 13.0 Å². The fourth-order valence-electron chi connectivity index (χ4n) is 3.40. The first-order chi connectivity index (χ1) is 16.8. The molecule has 1 aromatic carbocycles. The number of sulfone groups is 1. The zero-order valence-electron chi connectivity index (χ0n) is 19.0. The molecule has 0 radical (unpaired) electrons. The van der Waals surface area contributed by atoms with Gasteiger partial charge in [-0.15, -0.1) is 0 Å². The van der Waals surface area contributed by atoms with Gasteiger partial charge in [0, 0.05) is 25.3 Å². The molecule has 35 heavy (non-hydrogen) atoms. The summed E-state index contributed by atoms with van der Waals surface area (Å²) in [6.07, 6.45) is 0.0126. The van der Waals surface area contributed by atoms with Crippen LogP contribution in [0.1, 0.15) is 18.9 Å². The van der Waals surface area contributed by atoms with Crippen molar-refractivity contribution in [1.82, 2.24) is 9.97 Å². The molecule has 1 saturated heterocycles. The van der Waals surface area contributed by atoms with Gasteiger partial charge in [0.15, 0.2) is 20.7 Å². The maximum atomic E-state index is 13.1. The van der Waals surface area contributed by atoms with Crippen LogP contribution in [0.25, 0.3) is 10.3 Å². The van der Waals surface area contributed by atoms with E-state index < -0.39 is 27.1 Å². The highest BCUT2D eigenvalue weighted by atomic mass is 32.2. The number of ether oxygens (including phenoxy) is 2. The van der Waals surface area contributed by atoms with Crippen molar-refractivity contribution in [3.8, 4) is 5.88 Å². The molecular weight excluding hydrogens is 496 g/mol. The van der Waals surface area contributed by atoms with Crippen LogP contribution >= 0.6 is 11.3 Å². The molecule has 0 spiro atoms. The zero-order valence-corrected chi connectivity index (χ0v) is 20.6. The van der Waals surface area contributed by atoms with E-state index in [4.69, 9.17) is 14.3 Å². The largest absolute Gasteiger partial charge is 0.493 e. The normalized spacial score (nSPS) is 17.4. The maximum Gasteiger partial charge on any atom is 0.280 e. The smallest absolute Gasteiger partial charge is 0.280 e. The van der Waals surface area contributed by atoms with Crippen LogP contribution in [0.15, 0.2) is 46.4 Å². The van der Waals surface area contributed by atoms with Gasteiger partial charge in [-0.1, -0.05) is 28.6 Å². The Hall–Kier alpha value is -3.13. The zero-order chi connectivity index (χ0) is 25.0. The number of aromatic nitrogens is 2. The summed E-state index contributed by atoms with van der Waals surface area (Å²) in [6, 6.07) is 8.87. The standard InChI is InChI=1S/C22H24N4O7S2/c1-13(11-31-2)33-26-19(20(28)25-22-23-17-7-8-18(27)24-21(17)34-22)14-3-5-15(6-4-14)35(29,30)16-9-10-32-12-16/h3-8,13,16H,9-12H2,1-2H3,(H,24,27)(H,23,25,28)/b26-19+/t13-,16+/m1/s1. The summed E-state index contributed by atoms with van der Waals surface area (Å²) in [5.74, 6) is -0.765. The number of hydrogen-bond donors (Lipinski definition) is 2. The van der Waals surface area contributed by atoms with Crippen molar-refractivity contribution in [3.05, 3.63) is 42.0 Å². The van der Waals surface area contributed by atoms with Crippen LogP contribution < -0.4 is 5.32 Å². The van der Waals surface area contributed by atoms with Gasteiger partial charge in [0.25, 0.3) is 5.91 Å². The van der Waals surface area contributed by atoms with Gasteiger partial charge in [0.1, 0.15) is 16.5 Å². The summed E-state index contributed by atoms with van der Waals surface area (Å²) in [5, 5.41) is 15.9. The molecule has 2 N–H and O–H groups in total. The SMILES string of the molecule is COC[C@@H](C)O/N=C(/C(=O)Nc1nc2ccc(O)nc2s1)c1ccc(S(=O)(=O)[C@H]2CCOC2)cc1. The lowest BCUT2D eigenvalue weighted by atomic mass is 10.1. The molecule has 3 heterocycles. The van der Waals surface area contributed by atoms with E-state index in [2.05, 4.69) is 20.4 Å². The van der Waals surface area contributed by atoms with Crippen molar-refractivity contribution in [2.24, 2.45) is 5.16 Å². The quantitative estimate of drug-likeness (QED) is 0.320. The third-order valence-electron chi connectivity index (χ3n) is 5.18. The molecule has 4 rings (SSSR count). The van der Waals surface area contributed by atoms with E-state index >= 15 is 0 Å². The van der Waals surface area contributed by atoms with Crippen LogP contribution in [-0.4, -0.2) is 73.4 Å². The van der Waals surface area contributed by atoms with Crippen molar-refractivity contribution in [3.63, 3.8) is 0 Å². The third kappa shape index (κ3) is 5.75. The van der Waals surface area contributed by atoms with E-state index in [-0.39, 0.29) is 34.8 Å². The van der Waals surface area contributed by atoms with Gasteiger partial charge in [0.05, 0.1) is 23.4 Å². The van der Waals surface area contributed by atoms with Gasteiger partial charge in [-0.05, 0) is 31.5 Å². The number of amides is 1. The number of anilines is 1. The number of hydrogen-bond acceptors (Lipinski definition) is 11. The van der Waals surface area contributed by atoms with Crippen LogP contribution in [-0.2, 0) is 28.9 Å². The summed E-state index contributed by atoms with van der Waals surface area (Å²) in [7, 11) is -2.03. The highest BCUT2D eigenvalue weighted by molar-refractivity contribution is 7.92. The monoisotopic (exact) mass is 520 g/mol. The van der Waals surface area contributed by atoms with Gasteiger partial charge in [-0.3, -0.25) is 10.1 Å². The summed E-state index contributed by atoms with van der Waals surface area (Å²) in [5.41, 5.74) is 0.791. The van der Waals surface area contributed by atoms with Gasteiger partial charge >= 0.3 is 0 Å². The molecule has 2 aromatic heterocycles. The second kappa shape index (κ2) is 10.6. The lowest BCUT2D eigenvalue weighted by Gasteiger charge is -2.12. The number of benzene rings is 1. The molecule has 0 unspecified atom stereocenters. The minimum Gasteiger partial charge on any atom is -0.493 e. The Balaban J connectivity index is 1.60. The van der Waals surface area contributed by atoms with Crippen LogP contribution in [0.4, 0.5) is 5.13 Å². The van der Waals surface area contributed by atoms with Gasteiger partial charge in [-0.2, -0.15) is 0 Å². The Labute approximate surface area is 205 Å². The molecular formula is C22H24N4O7S2. The van der Waals surface area contributed by atoms with Crippen molar-refractivity contribution in [1.29, 1.82) is 0 Å². The second-order valence-corrected chi connectivity index (χ2v) is 11.0. The number of nitrogens with zero attached hydrogens (tertiary/aromatic N) is 3. The Morgan fingerprint density at radius 1 is 1.29 bits per heavy atom. The van der Waals surface area contributed by atoms with E-state index in [0.29, 0.717) is 28.9 Å². The first kappa shape index (κ1) is 25.0. The van der Waals surface area contributed by atoms with Crippen molar-refractivity contribution < 1.29 is 32.6 Å². The average molecular weight is 521 g/mol. The fraction of sp³-hybridized carbons (Fsp3) is 0.364. The first-order valence-corrected chi connectivity index (χ1v) is 13.1. The Kier molecular flexibility index (Phi) is 7.60. The number of oxime groups is 1. The molecule has 1 amide bonds. The lowest BCUT2D eigenvalue weighted by Crippen LogP contribution is -2.26. The average Bonchev–Trinajstić information content (AvgIpc) is 3.50. The summed E-state index contributed by atoms with van der Waals surface area (Å²) in [6.45, 7) is 2.57. The van der Waals surface area contributed by atoms with Crippen molar-refractivity contribution in [2.75, 3.05) is 32.2 Å². The van der Waals surface area contributed by atoms with Gasteiger partial charge < -0.3 is 19.4 Å². The van der Waals surface area contributed by atoms with E-state index in [1.165, 1.54) is 37.4 Å². The number of aromatic hydroxyl groups is 1. The summed E-state index contributed by atoms with van der Waals surface area (Å²) >= 11 is 1.08. The second-order valence-electron chi connectivity index (χ2n) is 7.83. The lowest BCUT2D eigenvalue weighted by molar-refractivity contribution is -0.110. The Bertz CT molecular complexity index is 1330. The van der Waals surface area contributed by atoms with E-state index in [9.17, 15) is 18.3 Å². The first-order valence-electron chi connectivity index (χ1n) is 10.7. The number of fused-ring (bicyclic) bond motifs is 1. The number of carbonyl (C=O) groups excluding carboxylic acids is 1. The molecule has 1 aliphatic rings. The van der Waals surface area contributed by atoms with Crippen molar-refractivity contribution >= 4 is 48.3 Å². The topological polar surface area (TPSA) is 149 Å². The number of thiazole rings is 1. The minimum absolute atomic E-state index is 0.0730. The molecule has 1 fully saturated rings. The van der Waals surface area contributed by atoms with E-state index in [1.807, 2.05) is 0 Å². The van der Waals surface area contributed by atoms with Crippen molar-refractivity contribution in [2.45, 2.75) is 29.6 Å². The van der Waals surface area contributed by atoms with E-state index in [0.717, 1.165) is 11.3 Å². The fourth-order valence-corrected chi connectivity index (χ4v) is 5.81. The highest BCUT2D eigenvalue weighted by Crippen LogP contribution is 2.26. The molecule has 13 heteroatoms. The Morgan fingerprint density at radius 2 is 2.06 bits per heavy atom. The maximum absolute atomic E-state index is 13.1. The number of methoxy groups -OCH3 is 1. The highest BCUT2D eigenvalue weighted by Gasteiger charge is 2.31. The van der Waals surface area contributed by atoms with Crippen LogP contribution in [0.2, 0.25) is 0 Å². The molecule has 11 nitrogen and oxygen atoms in total. The van der Waals surface area contributed by atoms with Gasteiger partial charge in [-0.25, -0.2) is 18.4 Å². The predicted octanol–water partition coefficient (Wildman–Crippen LogP) is 2.35. The predicted molar refractivity (Wildman–Crippen MR) is 130 cm³/mol. The molecule has 2 atom stereocenters. The minimum atomic E-state index is -3.55. The summed E-state index contributed by atoms with van der Waals surface area (Å²) in [4.78, 5) is 27.4. The molecule has 1 aliphatic heterocycles. The number of rotatable bonds is 9. The molecule has 0 saturated carbocycles. The van der Waals surface area contributed by atoms with Crippen LogP contribution in [0, 0.1) is 0 Å². The summed E-state index contributed by atoms with van der Waals surface area (Å²) < 4.78 is 35.9. The molecule has 0 bridgehead atoms. The molecule has 186 valence electrons.